The second kappa shape index (κ2) is 8.59. The lowest BCUT2D eigenvalue weighted by Crippen LogP contribution is -2.29. The van der Waals surface area contributed by atoms with Crippen LogP contribution >= 0.6 is 12.2 Å². The van der Waals surface area contributed by atoms with Gasteiger partial charge in [0.2, 0.25) is 0 Å². The van der Waals surface area contributed by atoms with Gasteiger partial charge in [-0.25, -0.2) is 0 Å². The van der Waals surface area contributed by atoms with Crippen LogP contribution in [-0.2, 0) is 13.1 Å². The van der Waals surface area contributed by atoms with Gasteiger partial charge in [-0.3, -0.25) is 9.97 Å². The number of furan rings is 1. The first kappa shape index (κ1) is 20.5. The van der Waals surface area contributed by atoms with Gasteiger partial charge in [-0.1, -0.05) is 12.1 Å². The van der Waals surface area contributed by atoms with Crippen molar-refractivity contribution in [3.63, 3.8) is 0 Å². The summed E-state index contributed by atoms with van der Waals surface area (Å²) in [6.07, 6.45) is 5.37. The van der Waals surface area contributed by atoms with Crippen LogP contribution in [0.3, 0.4) is 0 Å². The molecule has 0 saturated carbocycles. The molecule has 0 aliphatic carbocycles. The number of nitrogens with zero attached hydrogens (tertiary/aromatic N) is 4. The molecule has 4 aromatic heterocycles. The molecule has 0 spiro atoms. The Bertz CT molecular complexity index is 1200. The summed E-state index contributed by atoms with van der Waals surface area (Å²) >= 11 is 5.81. The molecule has 1 aliphatic rings. The number of aryl methyl sites for hydroxylation is 1. The van der Waals surface area contributed by atoms with E-state index in [-0.39, 0.29) is 12.1 Å². The van der Waals surface area contributed by atoms with Gasteiger partial charge in [0.25, 0.3) is 0 Å². The summed E-state index contributed by atoms with van der Waals surface area (Å²) in [4.78, 5) is 11.4. The molecule has 1 fully saturated rings. The maximum atomic E-state index is 5.81. The first-order valence-electron chi connectivity index (χ1n) is 10.7. The van der Waals surface area contributed by atoms with Crippen molar-refractivity contribution in [3.05, 3.63) is 107 Å². The highest BCUT2D eigenvalue weighted by atomic mass is 32.1. The molecule has 1 saturated heterocycles. The molecule has 0 amide bonds. The molecule has 6 nitrogen and oxygen atoms in total. The summed E-state index contributed by atoms with van der Waals surface area (Å²) in [6, 6.07) is 18.1. The van der Waals surface area contributed by atoms with E-state index in [1.54, 1.807) is 6.26 Å². The van der Waals surface area contributed by atoms with Gasteiger partial charge in [0.1, 0.15) is 5.76 Å². The molecule has 1 aliphatic heterocycles. The SMILES string of the molecule is Cc1cc([C@@H]2[C@@H](c3ccccn3)NC(=S)N2Cc2ccccn2)c(C)n1Cc1ccco1. The molecule has 1 N–H and O–H groups in total. The maximum absolute atomic E-state index is 5.81. The molecule has 0 aromatic carbocycles. The minimum absolute atomic E-state index is 0.00374. The molecule has 5 rings (SSSR count). The molecular weight excluding hydrogens is 418 g/mol. The number of aromatic nitrogens is 3. The first-order chi connectivity index (χ1) is 15.6. The predicted octanol–water partition coefficient (Wildman–Crippen LogP) is 4.71. The summed E-state index contributed by atoms with van der Waals surface area (Å²) in [6.45, 7) is 5.63. The van der Waals surface area contributed by atoms with E-state index in [0.29, 0.717) is 18.2 Å². The van der Waals surface area contributed by atoms with Crippen molar-refractivity contribution in [2.24, 2.45) is 0 Å². The van der Waals surface area contributed by atoms with Gasteiger partial charge in [-0.05, 0) is 74.1 Å². The topological polar surface area (TPSA) is 59.1 Å². The van der Waals surface area contributed by atoms with Crippen LogP contribution in [0.5, 0.6) is 0 Å². The van der Waals surface area contributed by atoms with E-state index in [1.165, 1.54) is 17.0 Å². The van der Waals surface area contributed by atoms with Crippen LogP contribution in [0.1, 0.15) is 46.2 Å². The fourth-order valence-electron chi connectivity index (χ4n) is 4.51. The number of pyridine rings is 2. The van der Waals surface area contributed by atoms with E-state index in [1.807, 2.05) is 54.9 Å². The summed E-state index contributed by atoms with van der Waals surface area (Å²) in [5.74, 6) is 0.935. The Morgan fingerprint density at radius 2 is 1.81 bits per heavy atom. The third-order valence-electron chi connectivity index (χ3n) is 6.08. The number of thiocarbonyl (C=S) groups is 1. The molecule has 4 aromatic rings. The van der Waals surface area contributed by atoms with Crippen LogP contribution < -0.4 is 5.32 Å². The van der Waals surface area contributed by atoms with E-state index < -0.39 is 0 Å². The van der Waals surface area contributed by atoms with Crippen LogP contribution in [0.2, 0.25) is 0 Å². The minimum Gasteiger partial charge on any atom is -0.467 e. The number of hydrogen-bond donors (Lipinski definition) is 1. The average Bonchev–Trinajstić information content (AvgIpc) is 3.51. The average molecular weight is 444 g/mol. The third-order valence-corrected chi connectivity index (χ3v) is 6.43. The fourth-order valence-corrected chi connectivity index (χ4v) is 4.81. The Hall–Kier alpha value is -3.45. The number of nitrogens with one attached hydrogen (secondary N) is 1. The van der Waals surface area contributed by atoms with Crippen molar-refractivity contribution in [2.45, 2.75) is 39.0 Å². The quantitative estimate of drug-likeness (QED) is 0.436. The normalized spacial score (nSPS) is 18.2. The van der Waals surface area contributed by atoms with E-state index in [9.17, 15) is 0 Å². The molecule has 162 valence electrons. The summed E-state index contributed by atoms with van der Waals surface area (Å²) in [7, 11) is 0. The molecule has 0 radical (unpaired) electrons. The zero-order valence-corrected chi connectivity index (χ0v) is 18.9. The van der Waals surface area contributed by atoms with E-state index in [4.69, 9.17) is 16.6 Å². The Balaban J connectivity index is 1.57. The van der Waals surface area contributed by atoms with E-state index >= 15 is 0 Å². The maximum Gasteiger partial charge on any atom is 0.170 e. The minimum atomic E-state index is -0.0509. The van der Waals surface area contributed by atoms with Crippen LogP contribution in [-0.4, -0.2) is 24.5 Å². The monoisotopic (exact) mass is 443 g/mol. The van der Waals surface area contributed by atoms with Crippen LogP contribution in [0.15, 0.2) is 77.7 Å². The Labute approximate surface area is 192 Å². The highest BCUT2D eigenvalue weighted by Gasteiger charge is 2.41. The Morgan fingerprint density at radius 1 is 1.00 bits per heavy atom. The fraction of sp³-hybridized carbons (Fsp3) is 0.240. The summed E-state index contributed by atoms with van der Waals surface area (Å²) in [5, 5.41) is 4.24. The van der Waals surface area contributed by atoms with Crippen LogP contribution in [0.4, 0.5) is 0 Å². The number of hydrogen-bond acceptors (Lipinski definition) is 4. The highest BCUT2D eigenvalue weighted by Crippen LogP contribution is 2.41. The first-order valence-corrected chi connectivity index (χ1v) is 11.1. The third kappa shape index (κ3) is 3.80. The second-order valence-corrected chi connectivity index (χ2v) is 8.45. The van der Waals surface area contributed by atoms with Crippen LogP contribution in [0.25, 0.3) is 0 Å². The van der Waals surface area contributed by atoms with Crippen molar-refractivity contribution in [3.8, 4) is 0 Å². The second-order valence-electron chi connectivity index (χ2n) is 8.07. The van der Waals surface area contributed by atoms with E-state index in [0.717, 1.165) is 17.1 Å². The lowest BCUT2D eigenvalue weighted by Gasteiger charge is -2.28. The molecule has 32 heavy (non-hydrogen) atoms. The van der Waals surface area contributed by atoms with Gasteiger partial charge in [-0.2, -0.15) is 0 Å². The van der Waals surface area contributed by atoms with E-state index in [2.05, 4.69) is 50.7 Å². The zero-order chi connectivity index (χ0) is 22.1. The Morgan fingerprint density at radius 3 is 2.50 bits per heavy atom. The smallest absolute Gasteiger partial charge is 0.170 e. The lowest BCUT2D eigenvalue weighted by molar-refractivity contribution is 0.307. The molecular formula is C25H25N5OS. The zero-order valence-electron chi connectivity index (χ0n) is 18.1. The standard InChI is InChI=1S/C25H25N5OS/c1-17-14-21(18(2)29(17)16-20-9-7-13-31-20)24-23(22-10-4-6-12-27-22)28-25(32)30(24)15-19-8-3-5-11-26-19/h3-14,23-24H,15-16H2,1-2H3,(H,28,32)/t23-,24-/m1/s1. The van der Waals surface area contributed by atoms with Crippen molar-refractivity contribution in [1.82, 2.24) is 24.8 Å². The molecule has 0 unspecified atom stereocenters. The lowest BCUT2D eigenvalue weighted by atomic mass is 9.96. The van der Waals surface area contributed by atoms with Gasteiger partial charge in [0, 0.05) is 23.8 Å². The summed E-state index contributed by atoms with van der Waals surface area (Å²) in [5.41, 5.74) is 5.56. The molecule has 5 heterocycles. The molecule has 0 bridgehead atoms. The van der Waals surface area contributed by atoms with Gasteiger partial charge in [-0.15, -0.1) is 0 Å². The molecule has 2 atom stereocenters. The van der Waals surface area contributed by atoms with Crippen molar-refractivity contribution in [2.75, 3.05) is 0 Å². The largest absolute Gasteiger partial charge is 0.467 e. The Kier molecular flexibility index (Phi) is 5.49. The van der Waals surface area contributed by atoms with Gasteiger partial charge >= 0.3 is 0 Å². The van der Waals surface area contributed by atoms with Crippen molar-refractivity contribution < 1.29 is 4.42 Å². The van der Waals surface area contributed by atoms with Gasteiger partial charge in [0.15, 0.2) is 5.11 Å². The predicted molar refractivity (Wildman–Crippen MR) is 127 cm³/mol. The van der Waals surface area contributed by atoms with Gasteiger partial charge in [0.05, 0.1) is 42.8 Å². The number of rotatable bonds is 6. The van der Waals surface area contributed by atoms with Crippen molar-refractivity contribution in [1.29, 1.82) is 0 Å². The van der Waals surface area contributed by atoms with Crippen LogP contribution in [0, 0.1) is 13.8 Å². The van der Waals surface area contributed by atoms with Crippen molar-refractivity contribution >= 4 is 17.3 Å². The highest BCUT2D eigenvalue weighted by molar-refractivity contribution is 7.80. The molecule has 7 heteroatoms. The van der Waals surface area contributed by atoms with Gasteiger partial charge < -0.3 is 19.2 Å². The summed E-state index contributed by atoms with van der Waals surface area (Å²) < 4.78 is 7.90.